The zero-order chi connectivity index (χ0) is 12.1. The van der Waals surface area contributed by atoms with Gasteiger partial charge in [0.2, 0.25) is 0 Å². The monoisotopic (exact) mass is 235 g/mol. The van der Waals surface area contributed by atoms with Crippen LogP contribution in [0.1, 0.15) is 43.3 Å². The van der Waals surface area contributed by atoms with E-state index in [0.717, 1.165) is 55.8 Å². The fourth-order valence-corrected chi connectivity index (χ4v) is 2.21. The summed E-state index contributed by atoms with van der Waals surface area (Å²) >= 11 is 0. The Morgan fingerprint density at radius 2 is 2.41 bits per heavy atom. The highest BCUT2D eigenvalue weighted by Gasteiger charge is 2.17. The molecule has 0 aromatic carbocycles. The smallest absolute Gasteiger partial charge is 0.131 e. The number of aromatic nitrogens is 2. The Morgan fingerprint density at radius 3 is 3.06 bits per heavy atom. The molecule has 94 valence electrons. The van der Waals surface area contributed by atoms with Crippen LogP contribution in [0.3, 0.4) is 0 Å². The van der Waals surface area contributed by atoms with Crippen molar-refractivity contribution < 1.29 is 4.74 Å². The van der Waals surface area contributed by atoms with Crippen molar-refractivity contribution in [2.75, 3.05) is 6.61 Å². The lowest BCUT2D eigenvalue weighted by molar-refractivity contribution is 0.110. The van der Waals surface area contributed by atoms with Gasteiger partial charge in [-0.2, -0.15) is 0 Å². The molecular formula is C13H21N3O. The quantitative estimate of drug-likeness (QED) is 0.842. The Morgan fingerprint density at radius 1 is 1.53 bits per heavy atom. The largest absolute Gasteiger partial charge is 0.378 e. The summed E-state index contributed by atoms with van der Waals surface area (Å²) in [6.45, 7) is 3.56. The third kappa shape index (κ3) is 3.23. The van der Waals surface area contributed by atoms with Crippen LogP contribution < -0.4 is 5.73 Å². The summed E-state index contributed by atoms with van der Waals surface area (Å²) in [5.74, 6) is 0.901. The predicted molar refractivity (Wildman–Crippen MR) is 66.6 cm³/mol. The van der Waals surface area contributed by atoms with E-state index in [2.05, 4.69) is 16.9 Å². The van der Waals surface area contributed by atoms with Gasteiger partial charge in [-0.1, -0.05) is 13.3 Å². The maximum atomic E-state index is 5.69. The molecule has 1 aliphatic rings. The van der Waals surface area contributed by atoms with Gasteiger partial charge in [0, 0.05) is 37.0 Å². The fourth-order valence-electron chi connectivity index (χ4n) is 2.21. The Bertz CT molecular complexity index is 362. The number of nitrogens with two attached hydrogens (primary N) is 1. The van der Waals surface area contributed by atoms with Gasteiger partial charge in [0.05, 0.1) is 6.10 Å². The zero-order valence-electron chi connectivity index (χ0n) is 10.5. The molecule has 1 unspecified atom stereocenters. The molecule has 1 atom stereocenters. The molecule has 4 heteroatoms. The average molecular weight is 235 g/mol. The molecular weight excluding hydrogens is 214 g/mol. The molecule has 0 saturated carbocycles. The van der Waals surface area contributed by atoms with Crippen molar-refractivity contribution in [2.24, 2.45) is 5.73 Å². The minimum absolute atomic E-state index is 0.313. The third-order valence-electron chi connectivity index (χ3n) is 3.15. The molecule has 2 heterocycles. The van der Waals surface area contributed by atoms with E-state index >= 15 is 0 Å². The number of hydrogen-bond acceptors (Lipinski definition) is 4. The molecule has 0 aliphatic carbocycles. The van der Waals surface area contributed by atoms with Gasteiger partial charge in [-0.05, 0) is 19.3 Å². The molecule has 2 N–H and O–H groups in total. The standard InChI is InChI=1S/C13H21N3O/c1-2-4-12-10(8-14)9-15-13(16-12)7-11-5-3-6-17-11/h9,11H,2-8,14H2,1H3. The predicted octanol–water partition coefficient (Wildman–Crippen LogP) is 1.61. The van der Waals surface area contributed by atoms with E-state index in [0.29, 0.717) is 12.6 Å². The van der Waals surface area contributed by atoms with Crippen molar-refractivity contribution >= 4 is 0 Å². The molecule has 0 amide bonds. The van der Waals surface area contributed by atoms with Crippen molar-refractivity contribution in [3.8, 4) is 0 Å². The van der Waals surface area contributed by atoms with E-state index < -0.39 is 0 Å². The van der Waals surface area contributed by atoms with Gasteiger partial charge in [0.1, 0.15) is 5.82 Å². The highest BCUT2D eigenvalue weighted by Crippen LogP contribution is 2.16. The van der Waals surface area contributed by atoms with Crippen LogP contribution in [0.25, 0.3) is 0 Å². The summed E-state index contributed by atoms with van der Waals surface area (Å²) in [4.78, 5) is 9.01. The summed E-state index contributed by atoms with van der Waals surface area (Å²) in [6.07, 6.45) is 7.38. The van der Waals surface area contributed by atoms with E-state index in [-0.39, 0.29) is 0 Å². The van der Waals surface area contributed by atoms with Crippen molar-refractivity contribution in [1.82, 2.24) is 9.97 Å². The molecule has 17 heavy (non-hydrogen) atoms. The fraction of sp³-hybridized carbons (Fsp3) is 0.692. The summed E-state index contributed by atoms with van der Waals surface area (Å²) < 4.78 is 5.61. The Kier molecular flexibility index (Phi) is 4.45. The minimum Gasteiger partial charge on any atom is -0.378 e. The number of ether oxygens (including phenoxy) is 1. The van der Waals surface area contributed by atoms with E-state index in [4.69, 9.17) is 10.5 Å². The second kappa shape index (κ2) is 6.07. The molecule has 0 spiro atoms. The number of hydrogen-bond donors (Lipinski definition) is 1. The first-order valence-electron chi connectivity index (χ1n) is 6.48. The lowest BCUT2D eigenvalue weighted by atomic mass is 10.1. The number of rotatable bonds is 5. The van der Waals surface area contributed by atoms with E-state index in [1.54, 1.807) is 0 Å². The lowest BCUT2D eigenvalue weighted by Gasteiger charge is -2.11. The lowest BCUT2D eigenvalue weighted by Crippen LogP contribution is -2.14. The normalized spacial score (nSPS) is 19.8. The molecule has 0 bridgehead atoms. The minimum atomic E-state index is 0.313. The van der Waals surface area contributed by atoms with E-state index in [9.17, 15) is 0 Å². The number of nitrogens with zero attached hydrogens (tertiary/aromatic N) is 2. The van der Waals surface area contributed by atoms with Crippen LogP contribution in [-0.4, -0.2) is 22.7 Å². The molecule has 1 aliphatic heterocycles. The summed E-state index contributed by atoms with van der Waals surface area (Å²) in [6, 6.07) is 0. The van der Waals surface area contributed by atoms with Gasteiger partial charge in [0.15, 0.2) is 0 Å². The Hall–Kier alpha value is -1.00. The van der Waals surface area contributed by atoms with Gasteiger partial charge in [-0.25, -0.2) is 9.97 Å². The second-order valence-corrected chi connectivity index (χ2v) is 4.55. The number of aryl methyl sites for hydroxylation is 1. The van der Waals surface area contributed by atoms with Gasteiger partial charge in [0.25, 0.3) is 0 Å². The molecule has 1 aromatic heterocycles. The summed E-state index contributed by atoms with van der Waals surface area (Å²) in [5, 5.41) is 0. The molecule has 1 aromatic rings. The van der Waals surface area contributed by atoms with Crippen LogP contribution in [0.5, 0.6) is 0 Å². The van der Waals surface area contributed by atoms with Crippen LogP contribution in [0, 0.1) is 0 Å². The summed E-state index contributed by atoms with van der Waals surface area (Å²) in [7, 11) is 0. The summed E-state index contributed by atoms with van der Waals surface area (Å²) in [5.41, 5.74) is 7.87. The molecule has 1 saturated heterocycles. The van der Waals surface area contributed by atoms with Crippen LogP contribution >= 0.6 is 0 Å². The van der Waals surface area contributed by atoms with Gasteiger partial charge in [-0.3, -0.25) is 0 Å². The highest BCUT2D eigenvalue weighted by molar-refractivity contribution is 5.17. The average Bonchev–Trinajstić information content (AvgIpc) is 2.83. The van der Waals surface area contributed by atoms with Gasteiger partial charge >= 0.3 is 0 Å². The third-order valence-corrected chi connectivity index (χ3v) is 3.15. The van der Waals surface area contributed by atoms with Crippen LogP contribution in [0.15, 0.2) is 6.20 Å². The van der Waals surface area contributed by atoms with Crippen molar-refractivity contribution in [1.29, 1.82) is 0 Å². The van der Waals surface area contributed by atoms with E-state index in [1.165, 1.54) is 0 Å². The second-order valence-electron chi connectivity index (χ2n) is 4.55. The topological polar surface area (TPSA) is 61.0 Å². The van der Waals surface area contributed by atoms with Crippen LogP contribution in [0.4, 0.5) is 0 Å². The van der Waals surface area contributed by atoms with Crippen molar-refractivity contribution in [3.63, 3.8) is 0 Å². The van der Waals surface area contributed by atoms with Crippen LogP contribution in [-0.2, 0) is 24.1 Å². The molecule has 4 nitrogen and oxygen atoms in total. The SMILES string of the molecule is CCCc1nc(CC2CCCO2)ncc1CN. The molecule has 0 radical (unpaired) electrons. The Labute approximate surface area is 103 Å². The van der Waals surface area contributed by atoms with Crippen molar-refractivity contribution in [2.45, 2.75) is 51.7 Å². The first kappa shape index (κ1) is 12.5. The molecule has 1 fully saturated rings. The maximum absolute atomic E-state index is 5.69. The van der Waals surface area contributed by atoms with Gasteiger partial charge in [-0.15, -0.1) is 0 Å². The van der Waals surface area contributed by atoms with Crippen molar-refractivity contribution in [3.05, 3.63) is 23.3 Å². The maximum Gasteiger partial charge on any atom is 0.131 e. The molecule has 2 rings (SSSR count). The van der Waals surface area contributed by atoms with E-state index in [1.807, 2.05) is 6.20 Å². The first-order valence-corrected chi connectivity index (χ1v) is 6.48. The van der Waals surface area contributed by atoms with Crippen LogP contribution in [0.2, 0.25) is 0 Å². The first-order chi connectivity index (χ1) is 8.33. The highest BCUT2D eigenvalue weighted by atomic mass is 16.5. The van der Waals surface area contributed by atoms with Gasteiger partial charge < -0.3 is 10.5 Å². The Balaban J connectivity index is 2.08. The zero-order valence-corrected chi connectivity index (χ0v) is 10.5.